The summed E-state index contributed by atoms with van der Waals surface area (Å²) in [5.74, 6) is 0. The maximum atomic E-state index is 5.88. The Hall–Kier alpha value is 0.430. The van der Waals surface area contributed by atoms with Crippen LogP contribution < -0.4 is 0 Å². The molecule has 0 aliphatic carbocycles. The van der Waals surface area contributed by atoms with Crippen LogP contribution >= 0.6 is 50.2 Å². The molecule has 0 nitrogen and oxygen atoms in total. The fourth-order valence-electron chi connectivity index (χ4n) is 0.768. The zero-order valence-corrected chi connectivity index (χ0v) is 8.70. The van der Waals surface area contributed by atoms with Crippen molar-refractivity contribution in [2.24, 2.45) is 0 Å². The summed E-state index contributed by atoms with van der Waals surface area (Å²) >= 11 is 12.7. The van der Waals surface area contributed by atoms with E-state index in [4.69, 9.17) is 11.6 Å². The third kappa shape index (κ3) is 1.01. The molecule has 0 atom stereocenters. The highest BCUT2D eigenvalue weighted by Gasteiger charge is 2.04. The molecule has 2 heterocycles. The van der Waals surface area contributed by atoms with Gasteiger partial charge in [-0.3, -0.25) is 0 Å². The number of hydrogen-bond acceptors (Lipinski definition) is 2. The Morgan fingerprint density at radius 2 is 2.30 bits per heavy atom. The second kappa shape index (κ2) is 2.48. The average molecular weight is 254 g/mol. The van der Waals surface area contributed by atoms with Crippen LogP contribution in [-0.4, -0.2) is 0 Å². The van der Waals surface area contributed by atoms with Gasteiger partial charge in [-0.2, -0.15) is 0 Å². The van der Waals surface area contributed by atoms with E-state index in [1.54, 1.807) is 22.7 Å². The van der Waals surface area contributed by atoms with Crippen LogP contribution in [0.2, 0.25) is 5.02 Å². The largest absolute Gasteiger partial charge is 0.131 e. The minimum atomic E-state index is 0.863. The zero-order chi connectivity index (χ0) is 7.14. The van der Waals surface area contributed by atoms with Crippen LogP contribution in [0.4, 0.5) is 0 Å². The first-order valence-corrected chi connectivity index (χ1v) is 5.46. The highest BCUT2D eigenvalue weighted by atomic mass is 79.9. The lowest BCUT2D eigenvalue weighted by molar-refractivity contribution is 2.03. The lowest BCUT2D eigenvalue weighted by Crippen LogP contribution is -1.47. The molecule has 0 saturated heterocycles. The maximum Gasteiger partial charge on any atom is 0.0892 e. The first-order chi connectivity index (χ1) is 4.77. The first-order valence-electron chi connectivity index (χ1n) is 2.59. The molecule has 0 spiro atoms. The molecule has 0 saturated carbocycles. The monoisotopic (exact) mass is 252 g/mol. The SMILES string of the molecule is Clc1csc2sc(Br)cc12. The lowest BCUT2D eigenvalue weighted by Gasteiger charge is -1.74. The summed E-state index contributed by atoms with van der Waals surface area (Å²) in [6, 6.07) is 2.05. The van der Waals surface area contributed by atoms with E-state index in [2.05, 4.69) is 22.0 Å². The summed E-state index contributed by atoms with van der Waals surface area (Å²) in [7, 11) is 0. The molecule has 0 N–H and O–H groups in total. The van der Waals surface area contributed by atoms with Gasteiger partial charge in [0.1, 0.15) is 0 Å². The highest BCUT2D eigenvalue weighted by molar-refractivity contribution is 9.11. The van der Waals surface area contributed by atoms with Crippen LogP contribution in [-0.2, 0) is 0 Å². The molecule has 2 rings (SSSR count). The molecular formula is C6H2BrClS2. The number of rotatable bonds is 0. The van der Waals surface area contributed by atoms with Crippen molar-refractivity contribution in [2.45, 2.75) is 0 Å². The van der Waals surface area contributed by atoms with E-state index in [0.29, 0.717) is 0 Å². The van der Waals surface area contributed by atoms with Crippen LogP contribution in [0.3, 0.4) is 0 Å². The van der Waals surface area contributed by atoms with E-state index < -0.39 is 0 Å². The van der Waals surface area contributed by atoms with Gasteiger partial charge in [0, 0.05) is 10.8 Å². The highest BCUT2D eigenvalue weighted by Crippen LogP contribution is 2.38. The number of hydrogen-bond donors (Lipinski definition) is 0. The van der Waals surface area contributed by atoms with Crippen molar-refractivity contribution >= 4 is 59.6 Å². The summed E-state index contributed by atoms with van der Waals surface area (Å²) in [6.45, 7) is 0. The second-order valence-corrected chi connectivity index (χ2v) is 5.81. The maximum absolute atomic E-state index is 5.88. The van der Waals surface area contributed by atoms with Gasteiger partial charge in [0.25, 0.3) is 0 Å². The first kappa shape index (κ1) is 7.10. The zero-order valence-electron chi connectivity index (χ0n) is 4.73. The summed E-state index contributed by atoms with van der Waals surface area (Å²) in [5, 5.41) is 4.00. The molecule has 2 aromatic rings. The molecule has 0 unspecified atom stereocenters. The van der Waals surface area contributed by atoms with E-state index in [-0.39, 0.29) is 0 Å². The molecule has 4 heteroatoms. The van der Waals surface area contributed by atoms with E-state index in [1.807, 2.05) is 5.38 Å². The normalized spacial score (nSPS) is 11.0. The smallest absolute Gasteiger partial charge is 0.0892 e. The van der Waals surface area contributed by atoms with Crippen LogP contribution in [0, 0.1) is 0 Å². The predicted octanol–water partition coefficient (Wildman–Crippen LogP) is 4.38. The van der Waals surface area contributed by atoms with E-state index >= 15 is 0 Å². The summed E-state index contributed by atoms with van der Waals surface area (Å²) < 4.78 is 2.44. The molecule has 52 valence electrons. The van der Waals surface area contributed by atoms with Gasteiger partial charge in [-0.05, 0) is 22.0 Å². The molecule has 0 radical (unpaired) electrons. The topological polar surface area (TPSA) is 0 Å². The Morgan fingerprint density at radius 1 is 1.50 bits per heavy atom. The van der Waals surface area contributed by atoms with Crippen molar-refractivity contribution in [3.05, 3.63) is 20.3 Å². The molecule has 0 amide bonds. The molecule has 0 aliphatic rings. The Labute approximate surface area is 79.6 Å². The van der Waals surface area contributed by atoms with Crippen LogP contribution in [0.5, 0.6) is 0 Å². The van der Waals surface area contributed by atoms with Gasteiger partial charge in [-0.25, -0.2) is 0 Å². The summed E-state index contributed by atoms with van der Waals surface area (Å²) in [6.07, 6.45) is 0. The van der Waals surface area contributed by atoms with Gasteiger partial charge in [-0.1, -0.05) is 11.6 Å². The lowest BCUT2D eigenvalue weighted by atomic mass is 10.4. The van der Waals surface area contributed by atoms with Gasteiger partial charge in [0.05, 0.1) is 12.8 Å². The third-order valence-corrected chi connectivity index (χ3v) is 4.40. The average Bonchev–Trinajstić information content (AvgIpc) is 2.35. The molecule has 10 heavy (non-hydrogen) atoms. The van der Waals surface area contributed by atoms with Gasteiger partial charge in [0.2, 0.25) is 0 Å². The molecule has 0 fully saturated rings. The van der Waals surface area contributed by atoms with Crippen LogP contribution in [0.1, 0.15) is 0 Å². The number of fused-ring (bicyclic) bond motifs is 1. The van der Waals surface area contributed by atoms with Gasteiger partial charge in [0.15, 0.2) is 0 Å². The Bertz CT molecular complexity index is 363. The van der Waals surface area contributed by atoms with Crippen molar-refractivity contribution in [2.75, 3.05) is 0 Å². The number of thiophene rings is 2. The van der Waals surface area contributed by atoms with Crippen molar-refractivity contribution in [1.82, 2.24) is 0 Å². The summed E-state index contributed by atoms with van der Waals surface area (Å²) in [4.78, 5) is 0. The van der Waals surface area contributed by atoms with Crippen LogP contribution in [0.25, 0.3) is 9.40 Å². The molecule has 0 aromatic carbocycles. The van der Waals surface area contributed by atoms with Crippen molar-refractivity contribution in [3.63, 3.8) is 0 Å². The van der Waals surface area contributed by atoms with Crippen molar-refractivity contribution in [3.8, 4) is 0 Å². The third-order valence-electron chi connectivity index (χ3n) is 1.19. The van der Waals surface area contributed by atoms with E-state index in [0.717, 1.165) is 8.81 Å². The van der Waals surface area contributed by atoms with Gasteiger partial charge < -0.3 is 0 Å². The van der Waals surface area contributed by atoms with Crippen LogP contribution in [0.15, 0.2) is 15.2 Å². The number of halogens is 2. The van der Waals surface area contributed by atoms with Gasteiger partial charge >= 0.3 is 0 Å². The standard InChI is InChI=1S/C6H2BrClS2/c7-5-1-3-4(8)2-9-6(3)10-5/h1-2H. The minimum absolute atomic E-state index is 0.863. The molecule has 0 aliphatic heterocycles. The molecule has 0 bridgehead atoms. The second-order valence-electron chi connectivity index (χ2n) is 1.84. The fraction of sp³-hybridized carbons (Fsp3) is 0. The Morgan fingerprint density at radius 3 is 3.00 bits per heavy atom. The molecular weight excluding hydrogens is 252 g/mol. The Kier molecular flexibility index (Phi) is 1.76. The van der Waals surface area contributed by atoms with Crippen molar-refractivity contribution in [1.29, 1.82) is 0 Å². The fourth-order valence-corrected chi connectivity index (χ4v) is 4.07. The van der Waals surface area contributed by atoms with Gasteiger partial charge in [-0.15, -0.1) is 22.7 Å². The Balaban J connectivity index is 2.90. The van der Waals surface area contributed by atoms with E-state index in [9.17, 15) is 0 Å². The summed E-state index contributed by atoms with van der Waals surface area (Å²) in [5.41, 5.74) is 0. The molecule has 2 aromatic heterocycles. The van der Waals surface area contributed by atoms with Crippen molar-refractivity contribution < 1.29 is 0 Å². The quantitative estimate of drug-likeness (QED) is 0.654. The predicted molar refractivity (Wildman–Crippen MR) is 52.4 cm³/mol. The van der Waals surface area contributed by atoms with E-state index in [1.165, 1.54) is 9.40 Å². The minimum Gasteiger partial charge on any atom is -0.131 e.